The summed E-state index contributed by atoms with van der Waals surface area (Å²) < 4.78 is 1.68. The van der Waals surface area contributed by atoms with Gasteiger partial charge in [0.25, 0.3) is 0 Å². The van der Waals surface area contributed by atoms with E-state index in [-0.39, 0.29) is 6.03 Å². The van der Waals surface area contributed by atoms with Crippen LogP contribution in [0.4, 0.5) is 16.6 Å². The summed E-state index contributed by atoms with van der Waals surface area (Å²) in [7, 11) is 5.34. The zero-order valence-electron chi connectivity index (χ0n) is 13.0. The minimum absolute atomic E-state index is 0.0298. The van der Waals surface area contributed by atoms with Gasteiger partial charge < -0.3 is 20.4 Å². The third-order valence-electron chi connectivity index (χ3n) is 3.83. The van der Waals surface area contributed by atoms with Gasteiger partial charge in [0, 0.05) is 47.3 Å². The molecule has 0 radical (unpaired) electrons. The Morgan fingerprint density at radius 2 is 1.91 bits per heavy atom. The lowest BCUT2D eigenvalue weighted by Gasteiger charge is -2.35. The molecule has 0 aromatic carbocycles. The van der Waals surface area contributed by atoms with Gasteiger partial charge in [-0.25, -0.2) is 4.79 Å². The van der Waals surface area contributed by atoms with Crippen molar-refractivity contribution in [2.75, 3.05) is 50.9 Å². The molecule has 0 saturated carbocycles. The maximum Gasteiger partial charge on any atom is 0.319 e. The minimum atomic E-state index is 0.0298. The van der Waals surface area contributed by atoms with Crippen molar-refractivity contribution in [3.63, 3.8) is 0 Å². The van der Waals surface area contributed by atoms with Crippen LogP contribution in [0.1, 0.15) is 0 Å². The number of nitrogens with two attached hydrogens (primary N) is 1. The van der Waals surface area contributed by atoms with Crippen LogP contribution >= 0.6 is 0 Å². The third kappa shape index (κ3) is 2.38. The van der Waals surface area contributed by atoms with Gasteiger partial charge in [-0.15, -0.1) is 0 Å². The molecule has 9 nitrogen and oxygen atoms in total. The van der Waals surface area contributed by atoms with Crippen LogP contribution < -0.4 is 10.6 Å². The number of carbonyl (C=O) groups excluding carboxylic acids is 1. The van der Waals surface area contributed by atoms with E-state index in [2.05, 4.69) is 15.1 Å². The average molecular weight is 304 g/mol. The maximum atomic E-state index is 12.0. The molecule has 22 heavy (non-hydrogen) atoms. The molecule has 0 spiro atoms. The summed E-state index contributed by atoms with van der Waals surface area (Å²) in [5.74, 6) is 1.02. The lowest BCUT2D eigenvalue weighted by atomic mass is 10.3. The Bertz CT molecular complexity index is 701. The van der Waals surface area contributed by atoms with E-state index in [0.29, 0.717) is 43.6 Å². The predicted octanol–water partition coefficient (Wildman–Crippen LogP) is -0.251. The highest BCUT2D eigenvalue weighted by Crippen LogP contribution is 2.21. The van der Waals surface area contributed by atoms with Crippen molar-refractivity contribution in [2.24, 2.45) is 7.05 Å². The van der Waals surface area contributed by atoms with E-state index < -0.39 is 0 Å². The van der Waals surface area contributed by atoms with E-state index in [4.69, 9.17) is 5.73 Å². The lowest BCUT2D eigenvalue weighted by Crippen LogP contribution is -2.51. The summed E-state index contributed by atoms with van der Waals surface area (Å²) in [6, 6.07) is 0.0298. The Labute approximate surface area is 128 Å². The topological polar surface area (TPSA) is 96.4 Å². The molecule has 0 bridgehead atoms. The molecule has 0 unspecified atom stereocenters. The molecule has 2 amide bonds. The van der Waals surface area contributed by atoms with Gasteiger partial charge >= 0.3 is 6.03 Å². The molecule has 3 rings (SSSR count). The second-order valence-electron chi connectivity index (χ2n) is 5.57. The highest BCUT2D eigenvalue weighted by atomic mass is 16.2. The first-order valence-electron chi connectivity index (χ1n) is 7.14. The zero-order valence-corrected chi connectivity index (χ0v) is 13.0. The fourth-order valence-electron chi connectivity index (χ4n) is 2.55. The largest absolute Gasteiger partial charge is 0.383 e. The van der Waals surface area contributed by atoms with Crippen molar-refractivity contribution in [2.45, 2.75) is 0 Å². The van der Waals surface area contributed by atoms with Crippen LogP contribution in [0.25, 0.3) is 11.0 Å². The normalized spacial score (nSPS) is 15.4. The third-order valence-corrected chi connectivity index (χ3v) is 3.83. The maximum absolute atomic E-state index is 12.0. The van der Waals surface area contributed by atoms with E-state index >= 15 is 0 Å². The van der Waals surface area contributed by atoms with Crippen LogP contribution in [-0.4, -0.2) is 75.9 Å². The molecule has 1 aliphatic rings. The standard InChI is InChI=1S/C13H20N8O/c1-18(2)13(22)21-6-4-20(5-7-21)12-16-10(14)9-8-15-19(3)11(9)17-12/h8H,4-7H2,1-3H3,(H2,14,16,17). The Hall–Kier alpha value is -2.58. The van der Waals surface area contributed by atoms with Gasteiger partial charge in [0.15, 0.2) is 5.65 Å². The van der Waals surface area contributed by atoms with Crippen LogP contribution in [0.5, 0.6) is 0 Å². The van der Waals surface area contributed by atoms with E-state index in [1.807, 2.05) is 16.8 Å². The van der Waals surface area contributed by atoms with Gasteiger partial charge in [0.1, 0.15) is 5.82 Å². The predicted molar refractivity (Wildman–Crippen MR) is 83.6 cm³/mol. The van der Waals surface area contributed by atoms with Crippen LogP contribution in [0, 0.1) is 0 Å². The number of amides is 2. The van der Waals surface area contributed by atoms with Crippen molar-refractivity contribution in [3.8, 4) is 0 Å². The first-order chi connectivity index (χ1) is 10.5. The summed E-state index contributed by atoms with van der Waals surface area (Å²) in [6.45, 7) is 2.65. The first kappa shape index (κ1) is 14.4. The molecule has 3 heterocycles. The monoisotopic (exact) mass is 304 g/mol. The van der Waals surface area contributed by atoms with Gasteiger partial charge in [0.05, 0.1) is 11.6 Å². The molecule has 1 saturated heterocycles. The summed E-state index contributed by atoms with van der Waals surface area (Å²) in [6.07, 6.45) is 1.67. The molecule has 1 aliphatic heterocycles. The molecule has 2 N–H and O–H groups in total. The number of rotatable bonds is 1. The number of fused-ring (bicyclic) bond motifs is 1. The van der Waals surface area contributed by atoms with Crippen LogP contribution in [0.15, 0.2) is 6.20 Å². The Kier molecular flexibility index (Phi) is 3.47. The summed E-state index contributed by atoms with van der Waals surface area (Å²) >= 11 is 0. The number of urea groups is 1. The molecule has 2 aromatic heterocycles. The van der Waals surface area contributed by atoms with E-state index in [0.717, 1.165) is 5.39 Å². The van der Waals surface area contributed by atoms with Crippen LogP contribution in [0.3, 0.4) is 0 Å². The molecular weight excluding hydrogens is 284 g/mol. The van der Waals surface area contributed by atoms with Gasteiger partial charge in [0.2, 0.25) is 5.95 Å². The number of aromatic nitrogens is 4. The number of nitrogen functional groups attached to an aromatic ring is 1. The summed E-state index contributed by atoms with van der Waals surface area (Å²) in [4.78, 5) is 26.3. The molecule has 1 fully saturated rings. The molecule has 0 atom stereocenters. The molecule has 2 aromatic rings. The lowest BCUT2D eigenvalue weighted by molar-refractivity contribution is 0.167. The number of aryl methyl sites for hydroxylation is 1. The van der Waals surface area contributed by atoms with Crippen molar-refractivity contribution in [3.05, 3.63) is 6.20 Å². The Morgan fingerprint density at radius 3 is 2.55 bits per heavy atom. The highest BCUT2D eigenvalue weighted by molar-refractivity contribution is 5.86. The van der Waals surface area contributed by atoms with Crippen molar-refractivity contribution in [1.82, 2.24) is 29.5 Å². The smallest absolute Gasteiger partial charge is 0.319 e. The van der Waals surface area contributed by atoms with Gasteiger partial charge in [-0.3, -0.25) is 4.68 Å². The summed E-state index contributed by atoms with van der Waals surface area (Å²) in [5.41, 5.74) is 6.71. The number of anilines is 2. The van der Waals surface area contributed by atoms with Crippen molar-refractivity contribution < 1.29 is 4.79 Å². The fourth-order valence-corrected chi connectivity index (χ4v) is 2.55. The number of hydrogen-bond donors (Lipinski definition) is 1. The zero-order chi connectivity index (χ0) is 15.9. The average Bonchev–Trinajstić information content (AvgIpc) is 2.88. The van der Waals surface area contributed by atoms with E-state index in [9.17, 15) is 4.79 Å². The first-order valence-corrected chi connectivity index (χ1v) is 7.14. The summed E-state index contributed by atoms with van der Waals surface area (Å²) in [5, 5.41) is 4.91. The minimum Gasteiger partial charge on any atom is -0.383 e. The number of hydrogen-bond acceptors (Lipinski definition) is 6. The number of carbonyl (C=O) groups is 1. The SMILES string of the molecule is CN(C)C(=O)N1CCN(c2nc(N)c3cnn(C)c3n2)CC1. The van der Waals surface area contributed by atoms with E-state index in [1.165, 1.54) is 0 Å². The van der Waals surface area contributed by atoms with Crippen molar-refractivity contribution in [1.29, 1.82) is 0 Å². The Balaban J connectivity index is 1.79. The number of nitrogens with zero attached hydrogens (tertiary/aromatic N) is 7. The second-order valence-corrected chi connectivity index (χ2v) is 5.57. The highest BCUT2D eigenvalue weighted by Gasteiger charge is 2.24. The quantitative estimate of drug-likeness (QED) is 0.780. The van der Waals surface area contributed by atoms with Crippen molar-refractivity contribution >= 4 is 28.8 Å². The Morgan fingerprint density at radius 1 is 1.23 bits per heavy atom. The molecule has 0 aliphatic carbocycles. The van der Waals surface area contributed by atoms with Gasteiger partial charge in [-0.1, -0.05) is 0 Å². The number of piperazine rings is 1. The molecule has 118 valence electrons. The van der Waals surface area contributed by atoms with Crippen LogP contribution in [0.2, 0.25) is 0 Å². The fraction of sp³-hybridized carbons (Fsp3) is 0.538. The van der Waals surface area contributed by atoms with E-state index in [1.54, 1.807) is 29.9 Å². The second kappa shape index (κ2) is 5.32. The van der Waals surface area contributed by atoms with Crippen LogP contribution in [-0.2, 0) is 7.05 Å². The molecule has 9 heteroatoms. The molecular formula is C13H20N8O. The van der Waals surface area contributed by atoms with Gasteiger partial charge in [-0.05, 0) is 0 Å². The van der Waals surface area contributed by atoms with Gasteiger partial charge in [-0.2, -0.15) is 15.1 Å².